The van der Waals surface area contributed by atoms with E-state index >= 15 is 0 Å². The molecule has 0 amide bonds. The van der Waals surface area contributed by atoms with Crippen LogP contribution in [-0.4, -0.2) is 11.6 Å². The van der Waals surface area contributed by atoms with E-state index in [1.807, 2.05) is 0 Å². The Labute approximate surface area is 42.6 Å². The van der Waals surface area contributed by atoms with Crippen LogP contribution >= 0.6 is 0 Å². The maximum Gasteiger partial charge on any atom is 0.195 e. The first-order valence-corrected chi connectivity index (χ1v) is 1.84. The lowest BCUT2D eigenvalue weighted by Gasteiger charge is -2.00. The summed E-state index contributed by atoms with van der Waals surface area (Å²) in [4.78, 5) is 0. The van der Waals surface area contributed by atoms with Gasteiger partial charge in [-0.15, -0.1) is 6.58 Å². The minimum atomic E-state index is 0.413. The number of nitriles is 1. The molecule has 0 rings (SSSR count). The summed E-state index contributed by atoms with van der Waals surface area (Å²) in [6, 6.07) is 0. The molecule has 3 nitrogen and oxygen atoms in total. The van der Waals surface area contributed by atoms with Crippen molar-refractivity contribution in [1.29, 1.82) is 5.26 Å². The van der Waals surface area contributed by atoms with Gasteiger partial charge in [-0.25, -0.2) is 10.9 Å². The zero-order valence-electron chi connectivity index (χ0n) is 3.96. The predicted molar refractivity (Wildman–Crippen MR) is 26.7 cm³/mol. The van der Waals surface area contributed by atoms with E-state index in [9.17, 15) is 0 Å². The molecule has 0 saturated carbocycles. The summed E-state index contributed by atoms with van der Waals surface area (Å²) in [7, 11) is 0. The molecular formula is C4H7N3. The third kappa shape index (κ3) is 2.80. The number of nitrogens with two attached hydrogens (primary N) is 1. The minimum Gasteiger partial charge on any atom is -0.244 e. The van der Waals surface area contributed by atoms with E-state index in [0.29, 0.717) is 6.54 Å². The highest BCUT2D eigenvalue weighted by molar-refractivity contribution is 4.76. The largest absolute Gasteiger partial charge is 0.244 e. The van der Waals surface area contributed by atoms with Gasteiger partial charge in [0.2, 0.25) is 0 Å². The van der Waals surface area contributed by atoms with Gasteiger partial charge in [-0.1, -0.05) is 6.08 Å². The maximum absolute atomic E-state index is 7.97. The van der Waals surface area contributed by atoms with Crippen LogP contribution in [0.25, 0.3) is 0 Å². The van der Waals surface area contributed by atoms with Crippen molar-refractivity contribution >= 4 is 0 Å². The van der Waals surface area contributed by atoms with Gasteiger partial charge in [0, 0.05) is 0 Å². The van der Waals surface area contributed by atoms with E-state index in [4.69, 9.17) is 11.1 Å². The Morgan fingerprint density at radius 3 is 2.71 bits per heavy atom. The summed E-state index contributed by atoms with van der Waals surface area (Å²) >= 11 is 0. The van der Waals surface area contributed by atoms with Crippen molar-refractivity contribution in [3.05, 3.63) is 12.7 Å². The van der Waals surface area contributed by atoms with E-state index in [-0.39, 0.29) is 0 Å². The van der Waals surface area contributed by atoms with Gasteiger partial charge in [-0.3, -0.25) is 0 Å². The van der Waals surface area contributed by atoms with E-state index < -0.39 is 0 Å². The normalized spacial score (nSPS) is 6.86. The average Bonchev–Trinajstić information content (AvgIpc) is 1.68. The number of hydrogen-bond acceptors (Lipinski definition) is 3. The molecule has 7 heavy (non-hydrogen) atoms. The summed E-state index contributed by atoms with van der Waals surface area (Å²) in [5.41, 5.74) is 0. The lowest BCUT2D eigenvalue weighted by molar-refractivity contribution is 0.458. The highest BCUT2D eigenvalue weighted by Gasteiger charge is 1.82. The average molecular weight is 97.1 g/mol. The van der Waals surface area contributed by atoms with Crippen LogP contribution in [0.15, 0.2) is 12.7 Å². The Morgan fingerprint density at radius 2 is 2.57 bits per heavy atom. The van der Waals surface area contributed by atoms with Crippen molar-refractivity contribution in [2.24, 2.45) is 5.84 Å². The van der Waals surface area contributed by atoms with Crippen molar-refractivity contribution in [3.8, 4) is 6.19 Å². The molecule has 0 spiro atoms. The van der Waals surface area contributed by atoms with Gasteiger partial charge in [0.05, 0.1) is 6.54 Å². The second kappa shape index (κ2) is 3.19. The second-order valence-corrected chi connectivity index (χ2v) is 1.04. The number of hydrogen-bond donors (Lipinski definition) is 1. The van der Waals surface area contributed by atoms with Crippen LogP contribution in [-0.2, 0) is 0 Å². The fraction of sp³-hybridized carbons (Fsp3) is 0.250. The third-order valence-electron chi connectivity index (χ3n) is 0.454. The molecule has 0 heterocycles. The van der Waals surface area contributed by atoms with Crippen LogP contribution in [0.3, 0.4) is 0 Å². The molecule has 38 valence electrons. The molecule has 0 aliphatic heterocycles. The smallest absolute Gasteiger partial charge is 0.195 e. The van der Waals surface area contributed by atoms with Crippen LogP contribution in [0.2, 0.25) is 0 Å². The summed E-state index contributed by atoms with van der Waals surface area (Å²) in [6.07, 6.45) is 3.26. The Kier molecular flexibility index (Phi) is 2.73. The number of rotatable bonds is 2. The quantitative estimate of drug-likeness (QED) is 0.171. The van der Waals surface area contributed by atoms with Crippen LogP contribution in [0.4, 0.5) is 0 Å². The Balaban J connectivity index is 3.21. The number of nitrogens with zero attached hydrogens (tertiary/aromatic N) is 2. The standard InChI is InChI=1S/C4H7N3/c1-2-3-7(6)4-5/h2H,1,3,6H2. The van der Waals surface area contributed by atoms with Crippen molar-refractivity contribution in [2.75, 3.05) is 6.54 Å². The first-order valence-electron chi connectivity index (χ1n) is 1.84. The third-order valence-corrected chi connectivity index (χ3v) is 0.454. The van der Waals surface area contributed by atoms with Crippen molar-refractivity contribution in [3.63, 3.8) is 0 Å². The molecule has 0 aliphatic carbocycles. The topological polar surface area (TPSA) is 53.0 Å². The van der Waals surface area contributed by atoms with E-state index in [1.165, 1.54) is 0 Å². The first-order chi connectivity index (χ1) is 3.31. The van der Waals surface area contributed by atoms with Gasteiger partial charge >= 0.3 is 0 Å². The van der Waals surface area contributed by atoms with E-state index in [0.717, 1.165) is 5.01 Å². The summed E-state index contributed by atoms with van der Waals surface area (Å²) in [6.45, 7) is 3.79. The van der Waals surface area contributed by atoms with Crippen LogP contribution < -0.4 is 5.84 Å². The maximum atomic E-state index is 7.97. The lowest BCUT2D eigenvalue weighted by Crippen LogP contribution is -2.24. The van der Waals surface area contributed by atoms with Crippen molar-refractivity contribution in [1.82, 2.24) is 5.01 Å². The molecule has 0 aromatic carbocycles. The Hall–Kier alpha value is -1.01. The van der Waals surface area contributed by atoms with Crippen molar-refractivity contribution in [2.45, 2.75) is 0 Å². The Bertz CT molecular complexity index is 91.6. The lowest BCUT2D eigenvalue weighted by atomic mass is 10.6. The SMILES string of the molecule is C=CCN(N)C#N. The van der Waals surface area contributed by atoms with Gasteiger partial charge in [0.15, 0.2) is 6.19 Å². The molecule has 0 saturated heterocycles. The summed E-state index contributed by atoms with van der Waals surface area (Å²) in [5.74, 6) is 4.98. The molecular weight excluding hydrogens is 90.1 g/mol. The number of hydrazine groups is 1. The predicted octanol–water partition coefficient (Wildman–Crippen LogP) is -0.171. The molecule has 0 fully saturated rings. The molecule has 0 unspecified atom stereocenters. The second-order valence-electron chi connectivity index (χ2n) is 1.04. The Morgan fingerprint density at radius 1 is 2.00 bits per heavy atom. The van der Waals surface area contributed by atoms with Crippen molar-refractivity contribution < 1.29 is 0 Å². The van der Waals surface area contributed by atoms with Gasteiger partial charge in [0.25, 0.3) is 0 Å². The highest BCUT2D eigenvalue weighted by Crippen LogP contribution is 1.68. The van der Waals surface area contributed by atoms with Crippen LogP contribution in [0.1, 0.15) is 0 Å². The molecule has 0 bridgehead atoms. The van der Waals surface area contributed by atoms with Gasteiger partial charge in [-0.05, 0) is 0 Å². The molecule has 0 aromatic heterocycles. The fourth-order valence-electron chi connectivity index (χ4n) is 0.180. The monoisotopic (exact) mass is 97.1 g/mol. The van der Waals surface area contributed by atoms with Crippen LogP contribution in [0.5, 0.6) is 0 Å². The molecule has 0 aromatic rings. The van der Waals surface area contributed by atoms with Crippen LogP contribution in [0, 0.1) is 11.5 Å². The van der Waals surface area contributed by atoms with Gasteiger partial charge < -0.3 is 0 Å². The zero-order chi connectivity index (χ0) is 5.70. The molecule has 3 heteroatoms. The van der Waals surface area contributed by atoms with E-state index in [2.05, 4.69) is 6.58 Å². The summed E-state index contributed by atoms with van der Waals surface area (Å²) in [5, 5.41) is 8.96. The zero-order valence-corrected chi connectivity index (χ0v) is 3.96. The molecule has 0 atom stereocenters. The minimum absolute atomic E-state index is 0.413. The summed E-state index contributed by atoms with van der Waals surface area (Å²) < 4.78 is 0. The molecule has 0 aliphatic rings. The molecule has 2 N–H and O–H groups in total. The fourth-order valence-corrected chi connectivity index (χ4v) is 0.180. The molecule has 0 radical (unpaired) electrons. The van der Waals surface area contributed by atoms with E-state index in [1.54, 1.807) is 12.3 Å². The van der Waals surface area contributed by atoms with Gasteiger partial charge in [0.1, 0.15) is 0 Å². The van der Waals surface area contributed by atoms with Gasteiger partial charge in [-0.2, -0.15) is 5.26 Å². The first kappa shape index (κ1) is 5.99. The highest BCUT2D eigenvalue weighted by atomic mass is 15.4.